The van der Waals surface area contributed by atoms with Crippen molar-refractivity contribution in [3.8, 4) is 0 Å². The summed E-state index contributed by atoms with van der Waals surface area (Å²) in [5.41, 5.74) is 4.74. The molecule has 1 atom stereocenters. The smallest absolute Gasteiger partial charge is 0.293 e. The molecule has 2 heterocycles. The van der Waals surface area contributed by atoms with Gasteiger partial charge in [0.25, 0.3) is 5.91 Å². The lowest BCUT2D eigenvalue weighted by Gasteiger charge is -2.20. The Morgan fingerprint density at radius 2 is 2.21 bits per heavy atom. The summed E-state index contributed by atoms with van der Waals surface area (Å²) in [6.45, 7) is 2.65. The van der Waals surface area contributed by atoms with Crippen LogP contribution in [0.4, 0.5) is 0 Å². The van der Waals surface area contributed by atoms with Crippen LogP contribution in [0.1, 0.15) is 48.5 Å². The van der Waals surface area contributed by atoms with Gasteiger partial charge < -0.3 is 10.6 Å². The maximum atomic E-state index is 12.2. The standard InChI is InChI=1S/C12H17N5O2/c1-12(11(13)19)4-5-17(6-12)10(18)9-14-8(15-16-9)7-2-3-7/h7H,2-6H2,1H3,(H2,13,19)(H,14,15,16). The molecule has 1 aromatic rings. The molecule has 0 bridgehead atoms. The Bertz CT molecular complexity index is 536. The van der Waals surface area contributed by atoms with Gasteiger partial charge in [-0.05, 0) is 26.2 Å². The molecule has 19 heavy (non-hydrogen) atoms. The predicted molar refractivity (Wildman–Crippen MR) is 66.2 cm³/mol. The highest BCUT2D eigenvalue weighted by molar-refractivity contribution is 5.92. The van der Waals surface area contributed by atoms with Crippen LogP contribution in [0.5, 0.6) is 0 Å². The Balaban J connectivity index is 1.72. The number of hydrogen-bond donors (Lipinski definition) is 2. The van der Waals surface area contributed by atoms with Crippen molar-refractivity contribution in [2.24, 2.45) is 11.1 Å². The fourth-order valence-corrected chi connectivity index (χ4v) is 2.39. The summed E-state index contributed by atoms with van der Waals surface area (Å²) in [4.78, 5) is 29.5. The van der Waals surface area contributed by atoms with Crippen LogP contribution in [0, 0.1) is 5.41 Å². The predicted octanol–water partition coefficient (Wildman–Crippen LogP) is 0.0196. The lowest BCUT2D eigenvalue weighted by molar-refractivity contribution is -0.126. The quantitative estimate of drug-likeness (QED) is 0.801. The van der Waals surface area contributed by atoms with E-state index in [1.807, 2.05) is 0 Å². The molecule has 2 amide bonds. The van der Waals surface area contributed by atoms with Gasteiger partial charge in [0.2, 0.25) is 11.7 Å². The molecule has 2 aliphatic rings. The van der Waals surface area contributed by atoms with E-state index in [0.29, 0.717) is 25.4 Å². The number of hydrogen-bond acceptors (Lipinski definition) is 4. The molecule has 3 rings (SSSR count). The van der Waals surface area contributed by atoms with Crippen molar-refractivity contribution in [1.29, 1.82) is 0 Å². The highest BCUT2D eigenvalue weighted by Gasteiger charge is 2.41. The number of carbonyl (C=O) groups is 2. The number of aromatic amines is 1. The molecule has 1 unspecified atom stereocenters. The van der Waals surface area contributed by atoms with Crippen LogP contribution in [0.3, 0.4) is 0 Å². The number of H-pyrrole nitrogens is 1. The number of nitrogens with one attached hydrogen (secondary N) is 1. The Hall–Kier alpha value is -1.92. The van der Waals surface area contributed by atoms with Crippen LogP contribution in [0.15, 0.2) is 0 Å². The normalized spacial score (nSPS) is 26.7. The average molecular weight is 263 g/mol. The van der Waals surface area contributed by atoms with Crippen molar-refractivity contribution in [3.63, 3.8) is 0 Å². The minimum Gasteiger partial charge on any atom is -0.369 e. The SMILES string of the molecule is CC1(C(N)=O)CCN(C(=O)c2n[nH]c(C3CC3)n2)C1. The topological polar surface area (TPSA) is 105 Å². The number of nitrogens with zero attached hydrogens (tertiary/aromatic N) is 3. The molecule has 3 N–H and O–H groups in total. The van der Waals surface area contributed by atoms with Crippen molar-refractivity contribution < 1.29 is 9.59 Å². The van der Waals surface area contributed by atoms with Crippen LogP contribution >= 0.6 is 0 Å². The first-order valence-corrected chi connectivity index (χ1v) is 6.51. The Morgan fingerprint density at radius 3 is 2.79 bits per heavy atom. The first-order chi connectivity index (χ1) is 8.99. The van der Waals surface area contributed by atoms with E-state index < -0.39 is 5.41 Å². The number of primary amides is 1. The van der Waals surface area contributed by atoms with E-state index in [0.717, 1.165) is 18.7 Å². The van der Waals surface area contributed by atoms with Gasteiger partial charge in [0.15, 0.2) is 0 Å². The van der Waals surface area contributed by atoms with Crippen molar-refractivity contribution in [2.45, 2.75) is 32.1 Å². The van der Waals surface area contributed by atoms with Gasteiger partial charge in [-0.3, -0.25) is 14.7 Å². The second kappa shape index (κ2) is 4.04. The number of nitrogens with two attached hydrogens (primary N) is 1. The van der Waals surface area contributed by atoms with Gasteiger partial charge in [-0.15, -0.1) is 5.10 Å². The third-order valence-electron chi connectivity index (χ3n) is 4.01. The largest absolute Gasteiger partial charge is 0.369 e. The first kappa shape index (κ1) is 12.1. The molecule has 1 saturated heterocycles. The molecule has 7 nitrogen and oxygen atoms in total. The van der Waals surface area contributed by atoms with Crippen LogP contribution in [-0.4, -0.2) is 45.0 Å². The van der Waals surface area contributed by atoms with Crippen LogP contribution in [0.2, 0.25) is 0 Å². The molecular weight excluding hydrogens is 246 g/mol. The van der Waals surface area contributed by atoms with Crippen molar-refractivity contribution in [3.05, 3.63) is 11.6 Å². The fourth-order valence-electron chi connectivity index (χ4n) is 2.39. The van der Waals surface area contributed by atoms with Crippen LogP contribution in [0.25, 0.3) is 0 Å². The van der Waals surface area contributed by atoms with Gasteiger partial charge in [0.1, 0.15) is 5.82 Å². The molecule has 2 fully saturated rings. The maximum Gasteiger partial charge on any atom is 0.293 e. The van der Waals surface area contributed by atoms with Gasteiger partial charge in [-0.25, -0.2) is 4.98 Å². The number of amides is 2. The number of rotatable bonds is 3. The van der Waals surface area contributed by atoms with Crippen molar-refractivity contribution in [2.75, 3.05) is 13.1 Å². The second-order valence-electron chi connectivity index (χ2n) is 5.72. The summed E-state index contributed by atoms with van der Waals surface area (Å²) >= 11 is 0. The Kier molecular flexibility index (Phi) is 2.58. The molecule has 102 valence electrons. The van der Waals surface area contributed by atoms with E-state index >= 15 is 0 Å². The molecule has 0 spiro atoms. The second-order valence-corrected chi connectivity index (χ2v) is 5.72. The Morgan fingerprint density at radius 1 is 1.47 bits per heavy atom. The summed E-state index contributed by atoms with van der Waals surface area (Å²) < 4.78 is 0. The molecule has 1 aromatic heterocycles. The fraction of sp³-hybridized carbons (Fsp3) is 0.667. The van der Waals surface area contributed by atoms with E-state index in [4.69, 9.17) is 5.73 Å². The Labute approximate surface area is 110 Å². The number of carbonyl (C=O) groups excluding carboxylic acids is 2. The van der Waals surface area contributed by atoms with E-state index in [2.05, 4.69) is 15.2 Å². The highest BCUT2D eigenvalue weighted by Crippen LogP contribution is 2.38. The zero-order valence-electron chi connectivity index (χ0n) is 10.8. The van der Waals surface area contributed by atoms with Gasteiger partial charge in [0, 0.05) is 19.0 Å². The van der Waals surface area contributed by atoms with Crippen molar-refractivity contribution >= 4 is 11.8 Å². The van der Waals surface area contributed by atoms with E-state index in [9.17, 15) is 9.59 Å². The molecule has 0 aromatic carbocycles. The lowest BCUT2D eigenvalue weighted by atomic mass is 9.89. The van der Waals surface area contributed by atoms with E-state index in [1.54, 1.807) is 11.8 Å². The van der Waals surface area contributed by atoms with Crippen LogP contribution < -0.4 is 5.73 Å². The molecule has 1 aliphatic heterocycles. The summed E-state index contributed by atoms with van der Waals surface area (Å²) in [5, 5.41) is 6.79. The van der Waals surface area contributed by atoms with Gasteiger partial charge in [-0.1, -0.05) is 0 Å². The molecule has 1 saturated carbocycles. The number of likely N-dealkylation sites (tertiary alicyclic amines) is 1. The minimum absolute atomic E-state index is 0.190. The van der Waals surface area contributed by atoms with Crippen LogP contribution in [-0.2, 0) is 4.79 Å². The number of aromatic nitrogens is 3. The van der Waals surface area contributed by atoms with Gasteiger partial charge >= 0.3 is 0 Å². The molecule has 0 radical (unpaired) electrons. The molecule has 7 heteroatoms. The minimum atomic E-state index is -0.634. The molecule has 1 aliphatic carbocycles. The summed E-state index contributed by atoms with van der Waals surface area (Å²) in [5.74, 6) is 0.823. The van der Waals surface area contributed by atoms with Gasteiger partial charge in [-0.2, -0.15) is 0 Å². The zero-order chi connectivity index (χ0) is 13.6. The summed E-state index contributed by atoms with van der Waals surface area (Å²) in [6.07, 6.45) is 2.80. The zero-order valence-corrected chi connectivity index (χ0v) is 10.8. The lowest BCUT2D eigenvalue weighted by Crippen LogP contribution is -2.38. The molecular formula is C12H17N5O2. The van der Waals surface area contributed by atoms with E-state index in [1.165, 1.54) is 0 Å². The average Bonchev–Trinajstić information content (AvgIpc) is 2.97. The third-order valence-corrected chi connectivity index (χ3v) is 4.01. The monoisotopic (exact) mass is 263 g/mol. The van der Waals surface area contributed by atoms with E-state index in [-0.39, 0.29) is 17.6 Å². The third kappa shape index (κ3) is 2.09. The van der Waals surface area contributed by atoms with Gasteiger partial charge in [0.05, 0.1) is 5.41 Å². The van der Waals surface area contributed by atoms with Crippen molar-refractivity contribution in [1.82, 2.24) is 20.1 Å². The summed E-state index contributed by atoms with van der Waals surface area (Å²) in [6, 6.07) is 0. The maximum absolute atomic E-state index is 12.2. The first-order valence-electron chi connectivity index (χ1n) is 6.51. The summed E-state index contributed by atoms with van der Waals surface area (Å²) in [7, 11) is 0. The highest BCUT2D eigenvalue weighted by atomic mass is 16.2.